The Morgan fingerprint density at radius 1 is 1.52 bits per heavy atom. The number of rotatable bonds is 3. The molecule has 114 valence electrons. The summed E-state index contributed by atoms with van der Waals surface area (Å²) in [6.07, 6.45) is 1.49. The van der Waals surface area contributed by atoms with E-state index in [2.05, 4.69) is 0 Å². The van der Waals surface area contributed by atoms with Crippen LogP contribution < -0.4 is 0 Å². The Bertz CT molecular complexity index is 684. The number of aliphatic hydroxyl groups is 1. The van der Waals surface area contributed by atoms with Crippen LogP contribution in [0.5, 0.6) is 0 Å². The van der Waals surface area contributed by atoms with Crippen LogP contribution in [-0.4, -0.2) is 37.5 Å². The molecule has 0 radical (unpaired) electrons. The van der Waals surface area contributed by atoms with Gasteiger partial charge >= 0.3 is 0 Å². The number of piperidine rings is 1. The molecule has 7 heteroatoms. The van der Waals surface area contributed by atoms with Crippen LogP contribution in [0, 0.1) is 16.7 Å². The van der Waals surface area contributed by atoms with Gasteiger partial charge in [0, 0.05) is 25.1 Å². The van der Waals surface area contributed by atoms with Gasteiger partial charge in [-0.1, -0.05) is 18.5 Å². The molecule has 1 aliphatic rings. The molecule has 5 nitrogen and oxygen atoms in total. The second kappa shape index (κ2) is 5.93. The Labute approximate surface area is 129 Å². The summed E-state index contributed by atoms with van der Waals surface area (Å²) < 4.78 is 26.7. The van der Waals surface area contributed by atoms with Crippen molar-refractivity contribution in [2.24, 2.45) is 5.41 Å². The fourth-order valence-electron chi connectivity index (χ4n) is 2.52. The van der Waals surface area contributed by atoms with E-state index in [-0.39, 0.29) is 23.1 Å². The van der Waals surface area contributed by atoms with Crippen molar-refractivity contribution in [3.05, 3.63) is 28.8 Å². The van der Waals surface area contributed by atoms with E-state index >= 15 is 0 Å². The molecule has 1 aromatic carbocycles. The predicted octanol–water partition coefficient (Wildman–Crippen LogP) is 1.99. The molecule has 0 aliphatic carbocycles. The highest BCUT2D eigenvalue weighted by Crippen LogP contribution is 2.33. The van der Waals surface area contributed by atoms with Crippen LogP contribution in [-0.2, 0) is 10.0 Å². The van der Waals surface area contributed by atoms with Crippen LogP contribution in [0.3, 0.4) is 0 Å². The van der Waals surface area contributed by atoms with Gasteiger partial charge in [-0.3, -0.25) is 0 Å². The smallest absolute Gasteiger partial charge is 0.244 e. The van der Waals surface area contributed by atoms with Crippen molar-refractivity contribution in [3.8, 4) is 6.07 Å². The summed E-state index contributed by atoms with van der Waals surface area (Å²) in [4.78, 5) is 0.00496. The Morgan fingerprint density at radius 3 is 2.81 bits per heavy atom. The van der Waals surface area contributed by atoms with E-state index < -0.39 is 15.4 Å². The lowest BCUT2D eigenvalue weighted by atomic mass is 9.84. The van der Waals surface area contributed by atoms with Gasteiger partial charge in [0.15, 0.2) is 0 Å². The number of hydrogen-bond acceptors (Lipinski definition) is 4. The average molecular weight is 329 g/mol. The minimum absolute atomic E-state index is 0.00496. The van der Waals surface area contributed by atoms with E-state index in [9.17, 15) is 13.5 Å². The number of halogens is 1. The van der Waals surface area contributed by atoms with Crippen molar-refractivity contribution in [1.82, 2.24) is 4.31 Å². The third-order valence-corrected chi connectivity index (χ3v) is 6.13. The Kier molecular flexibility index (Phi) is 4.59. The normalized spacial score (nSPS) is 23.7. The van der Waals surface area contributed by atoms with Gasteiger partial charge < -0.3 is 5.11 Å². The lowest BCUT2D eigenvalue weighted by molar-refractivity contribution is 0.0810. The van der Waals surface area contributed by atoms with Crippen LogP contribution in [0.2, 0.25) is 5.02 Å². The second-order valence-electron chi connectivity index (χ2n) is 5.67. The first-order valence-corrected chi connectivity index (χ1v) is 8.45. The maximum atomic E-state index is 12.7. The number of benzene rings is 1. The topological polar surface area (TPSA) is 81.4 Å². The molecule has 0 amide bonds. The molecular weight excluding hydrogens is 312 g/mol. The highest BCUT2D eigenvalue weighted by atomic mass is 35.5. The summed E-state index contributed by atoms with van der Waals surface area (Å²) in [7, 11) is -3.72. The minimum Gasteiger partial charge on any atom is -0.396 e. The summed E-state index contributed by atoms with van der Waals surface area (Å²) in [5.41, 5.74) is -0.109. The summed E-state index contributed by atoms with van der Waals surface area (Å²) in [5.74, 6) is 0. The molecule has 1 unspecified atom stereocenters. The highest BCUT2D eigenvalue weighted by molar-refractivity contribution is 7.89. The van der Waals surface area contributed by atoms with Crippen molar-refractivity contribution >= 4 is 21.6 Å². The van der Waals surface area contributed by atoms with Gasteiger partial charge in [-0.05, 0) is 31.0 Å². The number of sulfonamides is 1. The molecule has 1 aromatic rings. The third-order valence-electron chi connectivity index (χ3n) is 3.81. The van der Waals surface area contributed by atoms with Crippen molar-refractivity contribution in [1.29, 1.82) is 5.26 Å². The molecule has 21 heavy (non-hydrogen) atoms. The van der Waals surface area contributed by atoms with Gasteiger partial charge in [0.25, 0.3) is 0 Å². The molecule has 1 atom stereocenters. The van der Waals surface area contributed by atoms with Crippen molar-refractivity contribution in [2.75, 3.05) is 19.7 Å². The maximum Gasteiger partial charge on any atom is 0.244 e. The quantitative estimate of drug-likeness (QED) is 0.920. The number of hydrogen-bond donors (Lipinski definition) is 1. The molecule has 0 aromatic heterocycles. The molecule has 0 spiro atoms. The van der Waals surface area contributed by atoms with Gasteiger partial charge in [-0.2, -0.15) is 9.57 Å². The average Bonchev–Trinajstić information content (AvgIpc) is 2.46. The summed E-state index contributed by atoms with van der Waals surface area (Å²) in [6.45, 7) is 2.49. The highest BCUT2D eigenvalue weighted by Gasteiger charge is 2.37. The first-order valence-electron chi connectivity index (χ1n) is 6.63. The lowest BCUT2D eigenvalue weighted by Crippen LogP contribution is -2.46. The summed E-state index contributed by atoms with van der Waals surface area (Å²) >= 11 is 6.01. The molecular formula is C14H17ClN2O3S. The van der Waals surface area contributed by atoms with Crippen LogP contribution in [0.25, 0.3) is 0 Å². The van der Waals surface area contributed by atoms with Gasteiger partial charge in [-0.25, -0.2) is 8.42 Å². The van der Waals surface area contributed by atoms with Gasteiger partial charge in [0.2, 0.25) is 10.0 Å². The monoisotopic (exact) mass is 328 g/mol. The Morgan fingerprint density at radius 2 is 2.24 bits per heavy atom. The van der Waals surface area contributed by atoms with E-state index in [1.165, 1.54) is 22.5 Å². The minimum atomic E-state index is -3.72. The SMILES string of the molecule is CC1(CO)CCCN(S(=O)(=O)c2ccc(C#N)cc2Cl)C1. The van der Waals surface area contributed by atoms with Crippen molar-refractivity contribution in [3.63, 3.8) is 0 Å². The fourth-order valence-corrected chi connectivity index (χ4v) is 4.67. The standard InChI is InChI=1S/C14H17ClN2O3S/c1-14(10-18)5-2-6-17(9-14)21(19,20)13-4-3-11(8-16)7-12(13)15/h3-4,7,18H,2,5-6,9-10H2,1H3. The van der Waals surface area contributed by atoms with Crippen LogP contribution in [0.4, 0.5) is 0 Å². The molecule has 1 fully saturated rings. The van der Waals surface area contributed by atoms with Crippen molar-refractivity contribution < 1.29 is 13.5 Å². The zero-order valence-corrected chi connectivity index (χ0v) is 13.3. The van der Waals surface area contributed by atoms with E-state index in [4.69, 9.17) is 16.9 Å². The molecule has 0 bridgehead atoms. The zero-order chi connectivity index (χ0) is 15.7. The third kappa shape index (κ3) is 3.22. The lowest BCUT2D eigenvalue weighted by Gasteiger charge is -2.38. The van der Waals surface area contributed by atoms with E-state index in [1.807, 2.05) is 13.0 Å². The van der Waals surface area contributed by atoms with Crippen LogP contribution in [0.15, 0.2) is 23.1 Å². The Balaban J connectivity index is 2.36. The molecule has 1 saturated heterocycles. The van der Waals surface area contributed by atoms with E-state index in [1.54, 1.807) is 0 Å². The zero-order valence-electron chi connectivity index (χ0n) is 11.7. The molecule has 0 saturated carbocycles. The van der Waals surface area contributed by atoms with Gasteiger partial charge in [-0.15, -0.1) is 0 Å². The number of nitrogens with zero attached hydrogens (tertiary/aromatic N) is 2. The fraction of sp³-hybridized carbons (Fsp3) is 0.500. The van der Waals surface area contributed by atoms with Crippen molar-refractivity contribution in [2.45, 2.75) is 24.7 Å². The summed E-state index contributed by atoms with van der Waals surface area (Å²) in [5, 5.41) is 18.3. The van der Waals surface area contributed by atoms with Gasteiger partial charge in [0.05, 0.1) is 16.7 Å². The second-order valence-corrected chi connectivity index (χ2v) is 7.98. The largest absolute Gasteiger partial charge is 0.396 e. The first kappa shape index (κ1) is 16.2. The number of aliphatic hydroxyl groups excluding tert-OH is 1. The molecule has 2 rings (SSSR count). The first-order chi connectivity index (χ1) is 9.82. The van der Waals surface area contributed by atoms with E-state index in [0.29, 0.717) is 18.5 Å². The molecule has 1 heterocycles. The predicted molar refractivity (Wildman–Crippen MR) is 79.4 cm³/mol. The summed E-state index contributed by atoms with van der Waals surface area (Å²) in [6, 6.07) is 6.07. The van der Waals surface area contributed by atoms with Crippen LogP contribution in [0.1, 0.15) is 25.3 Å². The number of nitriles is 1. The van der Waals surface area contributed by atoms with Gasteiger partial charge in [0.1, 0.15) is 4.90 Å². The maximum absolute atomic E-state index is 12.7. The van der Waals surface area contributed by atoms with Crippen LogP contribution >= 0.6 is 11.6 Å². The molecule has 1 N–H and O–H groups in total. The molecule has 1 aliphatic heterocycles. The Hall–Kier alpha value is -1.13. The van der Waals surface area contributed by atoms with E-state index in [0.717, 1.165) is 6.42 Å².